The number of carbonyl (C=O) groups excluding carboxylic acids is 1. The fraction of sp³-hybridized carbons (Fsp3) is 0.444. The molecular formula is C18H24N4O3. The summed E-state index contributed by atoms with van der Waals surface area (Å²) in [5.41, 5.74) is 1.15. The van der Waals surface area contributed by atoms with Crippen molar-refractivity contribution in [3.63, 3.8) is 0 Å². The number of methoxy groups -OCH3 is 1. The topological polar surface area (TPSA) is 70.7 Å². The van der Waals surface area contributed by atoms with E-state index < -0.39 is 0 Å². The SMILES string of the molecule is COc1ccccc1OCc1cc(C(=O)N(C)[C@@H]2CCN(C)C2)n[nH]1. The van der Waals surface area contributed by atoms with Gasteiger partial charge in [-0.25, -0.2) is 0 Å². The van der Waals surface area contributed by atoms with Gasteiger partial charge in [-0.3, -0.25) is 9.89 Å². The number of aromatic nitrogens is 2. The molecule has 7 heteroatoms. The summed E-state index contributed by atoms with van der Waals surface area (Å²) in [4.78, 5) is 16.6. The predicted octanol–water partition coefficient (Wildman–Crippen LogP) is 1.77. The number of H-pyrrole nitrogens is 1. The van der Waals surface area contributed by atoms with E-state index in [1.807, 2.05) is 31.3 Å². The van der Waals surface area contributed by atoms with Crippen LogP contribution in [0.25, 0.3) is 0 Å². The first kappa shape index (κ1) is 17.3. The van der Waals surface area contributed by atoms with Gasteiger partial charge in [-0.05, 0) is 38.2 Å². The van der Waals surface area contributed by atoms with Crippen LogP contribution >= 0.6 is 0 Å². The second-order valence-electron chi connectivity index (χ2n) is 6.34. The number of para-hydroxylation sites is 2. The maximum absolute atomic E-state index is 12.6. The average Bonchev–Trinajstić information content (AvgIpc) is 3.28. The Balaban J connectivity index is 1.61. The van der Waals surface area contributed by atoms with Crippen LogP contribution in [0, 0.1) is 0 Å². The van der Waals surface area contributed by atoms with Crippen LogP contribution in [0.3, 0.4) is 0 Å². The molecule has 7 nitrogen and oxygen atoms in total. The maximum atomic E-state index is 12.6. The molecule has 0 aliphatic carbocycles. The van der Waals surface area contributed by atoms with Crippen molar-refractivity contribution in [1.29, 1.82) is 0 Å². The maximum Gasteiger partial charge on any atom is 0.274 e. The largest absolute Gasteiger partial charge is 0.493 e. The van der Waals surface area contributed by atoms with Crippen LogP contribution in [0.15, 0.2) is 30.3 Å². The van der Waals surface area contributed by atoms with Gasteiger partial charge in [-0.15, -0.1) is 0 Å². The number of nitrogens with zero attached hydrogens (tertiary/aromatic N) is 3. The number of carbonyl (C=O) groups is 1. The third kappa shape index (κ3) is 3.93. The molecule has 1 fully saturated rings. The highest BCUT2D eigenvalue weighted by Crippen LogP contribution is 2.26. The van der Waals surface area contributed by atoms with Gasteiger partial charge in [0, 0.05) is 19.6 Å². The minimum Gasteiger partial charge on any atom is -0.493 e. The number of nitrogens with one attached hydrogen (secondary N) is 1. The Labute approximate surface area is 147 Å². The van der Waals surface area contributed by atoms with Gasteiger partial charge in [0.25, 0.3) is 5.91 Å². The summed E-state index contributed by atoms with van der Waals surface area (Å²) in [5.74, 6) is 1.25. The lowest BCUT2D eigenvalue weighted by Gasteiger charge is -2.23. The normalized spacial score (nSPS) is 17.5. The molecule has 0 radical (unpaired) electrons. The zero-order valence-corrected chi connectivity index (χ0v) is 14.9. The zero-order valence-electron chi connectivity index (χ0n) is 14.9. The average molecular weight is 344 g/mol. The number of likely N-dealkylation sites (N-methyl/N-ethyl adjacent to an activating group) is 2. The monoisotopic (exact) mass is 344 g/mol. The smallest absolute Gasteiger partial charge is 0.274 e. The highest BCUT2D eigenvalue weighted by Gasteiger charge is 2.28. The lowest BCUT2D eigenvalue weighted by atomic mass is 10.2. The molecule has 0 spiro atoms. The summed E-state index contributed by atoms with van der Waals surface area (Å²) in [5, 5.41) is 7.02. The van der Waals surface area contributed by atoms with Crippen molar-refractivity contribution in [2.45, 2.75) is 19.1 Å². The Morgan fingerprint density at radius 1 is 1.40 bits per heavy atom. The van der Waals surface area contributed by atoms with Crippen LogP contribution in [0.1, 0.15) is 22.6 Å². The summed E-state index contributed by atoms with van der Waals surface area (Å²) in [6.45, 7) is 2.20. The van der Waals surface area contributed by atoms with Gasteiger partial charge in [0.2, 0.25) is 0 Å². The second kappa shape index (κ2) is 7.57. The van der Waals surface area contributed by atoms with Gasteiger partial charge >= 0.3 is 0 Å². The van der Waals surface area contributed by atoms with E-state index >= 15 is 0 Å². The predicted molar refractivity (Wildman–Crippen MR) is 93.9 cm³/mol. The van der Waals surface area contributed by atoms with Crippen molar-refractivity contribution in [3.8, 4) is 11.5 Å². The number of ether oxygens (including phenoxy) is 2. The summed E-state index contributed by atoms with van der Waals surface area (Å²) in [7, 11) is 5.51. The van der Waals surface area contributed by atoms with Crippen molar-refractivity contribution in [1.82, 2.24) is 20.0 Å². The number of rotatable bonds is 6. The molecule has 2 heterocycles. The number of likely N-dealkylation sites (tertiary alicyclic amines) is 1. The first-order valence-electron chi connectivity index (χ1n) is 8.34. The Bertz CT molecular complexity index is 731. The van der Waals surface area contributed by atoms with Gasteiger partial charge in [0.1, 0.15) is 6.61 Å². The molecule has 2 aromatic rings. The minimum atomic E-state index is -0.0694. The van der Waals surface area contributed by atoms with Gasteiger partial charge in [0.15, 0.2) is 17.2 Å². The van der Waals surface area contributed by atoms with Crippen LogP contribution in [0.5, 0.6) is 11.5 Å². The molecule has 1 amide bonds. The zero-order chi connectivity index (χ0) is 17.8. The van der Waals surface area contributed by atoms with Crippen LogP contribution < -0.4 is 9.47 Å². The molecule has 1 aliphatic heterocycles. The number of aromatic amines is 1. The Morgan fingerprint density at radius 3 is 2.84 bits per heavy atom. The summed E-state index contributed by atoms with van der Waals surface area (Å²) < 4.78 is 11.0. The lowest BCUT2D eigenvalue weighted by Crippen LogP contribution is -2.38. The van der Waals surface area contributed by atoms with Crippen molar-refractivity contribution in [2.75, 3.05) is 34.3 Å². The number of amides is 1. The van der Waals surface area contributed by atoms with Crippen LogP contribution in [-0.2, 0) is 6.61 Å². The Kier molecular flexibility index (Phi) is 5.23. The quantitative estimate of drug-likeness (QED) is 0.865. The van der Waals surface area contributed by atoms with E-state index in [0.29, 0.717) is 17.2 Å². The molecule has 134 valence electrons. The van der Waals surface area contributed by atoms with Gasteiger partial charge in [-0.2, -0.15) is 5.10 Å². The molecule has 1 atom stereocenters. The van der Waals surface area contributed by atoms with E-state index in [2.05, 4.69) is 22.1 Å². The molecule has 1 saturated heterocycles. The molecule has 1 aromatic carbocycles. The minimum absolute atomic E-state index is 0.0694. The standard InChI is InChI=1S/C18H24N4O3/c1-21-9-8-14(11-21)22(2)18(23)15-10-13(19-20-15)12-25-17-7-5-4-6-16(17)24-3/h4-7,10,14H,8-9,11-12H2,1-3H3,(H,19,20)/t14-/m1/s1. The molecule has 1 aliphatic rings. The van der Waals surface area contributed by atoms with Gasteiger partial charge in [0.05, 0.1) is 12.8 Å². The Morgan fingerprint density at radius 2 is 2.16 bits per heavy atom. The third-order valence-electron chi connectivity index (χ3n) is 4.54. The molecule has 0 saturated carbocycles. The fourth-order valence-electron chi connectivity index (χ4n) is 3.01. The van der Waals surface area contributed by atoms with Crippen molar-refractivity contribution in [2.24, 2.45) is 0 Å². The first-order valence-corrected chi connectivity index (χ1v) is 8.34. The number of hydrogen-bond acceptors (Lipinski definition) is 5. The molecule has 0 bridgehead atoms. The van der Waals surface area contributed by atoms with E-state index in [9.17, 15) is 4.79 Å². The molecule has 25 heavy (non-hydrogen) atoms. The third-order valence-corrected chi connectivity index (χ3v) is 4.54. The van der Waals surface area contributed by atoms with Crippen LogP contribution in [0.2, 0.25) is 0 Å². The van der Waals surface area contributed by atoms with E-state index in [1.54, 1.807) is 18.1 Å². The lowest BCUT2D eigenvalue weighted by molar-refractivity contribution is 0.0731. The molecular weight excluding hydrogens is 320 g/mol. The molecule has 1 aromatic heterocycles. The highest BCUT2D eigenvalue weighted by molar-refractivity contribution is 5.92. The second-order valence-corrected chi connectivity index (χ2v) is 6.34. The Hall–Kier alpha value is -2.54. The van der Waals surface area contributed by atoms with Gasteiger partial charge < -0.3 is 19.3 Å². The number of hydrogen-bond donors (Lipinski definition) is 1. The van der Waals surface area contributed by atoms with E-state index in [1.165, 1.54) is 0 Å². The summed E-state index contributed by atoms with van der Waals surface area (Å²) >= 11 is 0. The fourth-order valence-corrected chi connectivity index (χ4v) is 3.01. The summed E-state index contributed by atoms with van der Waals surface area (Å²) in [6.07, 6.45) is 0.993. The highest BCUT2D eigenvalue weighted by atomic mass is 16.5. The molecule has 0 unspecified atom stereocenters. The molecule has 3 rings (SSSR count). The van der Waals surface area contributed by atoms with E-state index in [4.69, 9.17) is 9.47 Å². The van der Waals surface area contributed by atoms with Crippen LogP contribution in [0.4, 0.5) is 0 Å². The van der Waals surface area contributed by atoms with E-state index in [0.717, 1.165) is 25.2 Å². The molecule has 1 N–H and O–H groups in total. The van der Waals surface area contributed by atoms with Crippen molar-refractivity contribution >= 4 is 5.91 Å². The van der Waals surface area contributed by atoms with Crippen LogP contribution in [-0.4, -0.2) is 66.2 Å². The van der Waals surface area contributed by atoms with Crippen molar-refractivity contribution in [3.05, 3.63) is 41.7 Å². The summed E-state index contributed by atoms with van der Waals surface area (Å²) in [6, 6.07) is 9.42. The first-order chi connectivity index (χ1) is 12.1. The van der Waals surface area contributed by atoms with Gasteiger partial charge in [-0.1, -0.05) is 12.1 Å². The van der Waals surface area contributed by atoms with E-state index in [-0.39, 0.29) is 18.6 Å². The number of benzene rings is 1. The van der Waals surface area contributed by atoms with Crippen molar-refractivity contribution < 1.29 is 14.3 Å².